The number of aromatic hydroxyl groups is 1. The van der Waals surface area contributed by atoms with Crippen molar-refractivity contribution in [3.05, 3.63) is 53.5 Å². The summed E-state index contributed by atoms with van der Waals surface area (Å²) in [5.74, 6) is 0.207. The smallest absolute Gasteiger partial charge is 0.491 e. The zero-order valence-corrected chi connectivity index (χ0v) is 10.5. The van der Waals surface area contributed by atoms with Gasteiger partial charge in [0.05, 0.1) is 6.10 Å². The van der Waals surface area contributed by atoms with E-state index in [2.05, 4.69) is 6.58 Å². The summed E-state index contributed by atoms with van der Waals surface area (Å²) in [5.41, 5.74) is 2.54. The van der Waals surface area contributed by atoms with Crippen molar-refractivity contribution in [3.8, 4) is 5.75 Å². The van der Waals surface area contributed by atoms with Crippen molar-refractivity contribution in [2.45, 2.75) is 25.9 Å². The van der Waals surface area contributed by atoms with Gasteiger partial charge in [0.15, 0.2) is 0 Å². The SMILES string of the molecule is C=C(CC)C1=CCC(c2cccc(O)c2)OB1O. The van der Waals surface area contributed by atoms with Crippen molar-refractivity contribution >= 4 is 7.12 Å². The highest BCUT2D eigenvalue weighted by Crippen LogP contribution is 2.32. The standard InChI is InChI=1S/C14H17BO3/c1-3-10(2)13-7-8-14(18-15(13)17)11-5-4-6-12(16)9-11/h4-7,9,14,16-17H,2-3,8H2,1H3. The molecule has 0 amide bonds. The van der Waals surface area contributed by atoms with E-state index in [9.17, 15) is 10.1 Å². The lowest BCUT2D eigenvalue weighted by atomic mass is 9.70. The molecule has 2 rings (SSSR count). The second-order valence-electron chi connectivity index (χ2n) is 4.42. The molecule has 1 aliphatic rings. The topological polar surface area (TPSA) is 49.7 Å². The van der Waals surface area contributed by atoms with E-state index in [4.69, 9.17) is 4.65 Å². The molecule has 0 bridgehead atoms. The maximum Gasteiger partial charge on any atom is 0.491 e. The van der Waals surface area contributed by atoms with E-state index < -0.39 is 7.12 Å². The van der Waals surface area contributed by atoms with E-state index in [0.29, 0.717) is 6.42 Å². The first-order valence-corrected chi connectivity index (χ1v) is 6.12. The molecular formula is C14H17BO3. The highest BCUT2D eigenvalue weighted by Gasteiger charge is 2.30. The van der Waals surface area contributed by atoms with Crippen molar-refractivity contribution < 1.29 is 14.8 Å². The molecule has 1 aromatic carbocycles. The molecule has 94 valence electrons. The first-order valence-electron chi connectivity index (χ1n) is 6.12. The normalized spacial score (nSPS) is 19.6. The largest absolute Gasteiger partial charge is 0.508 e. The lowest BCUT2D eigenvalue weighted by molar-refractivity contribution is 0.168. The molecule has 0 spiro atoms. The Morgan fingerprint density at radius 3 is 2.94 bits per heavy atom. The van der Waals surface area contributed by atoms with Crippen molar-refractivity contribution in [2.24, 2.45) is 0 Å². The fraction of sp³-hybridized carbons (Fsp3) is 0.286. The van der Waals surface area contributed by atoms with E-state index in [1.165, 1.54) is 0 Å². The summed E-state index contributed by atoms with van der Waals surface area (Å²) >= 11 is 0. The second kappa shape index (κ2) is 5.42. The first kappa shape index (κ1) is 12.9. The Hall–Kier alpha value is -1.52. The van der Waals surface area contributed by atoms with E-state index in [1.807, 2.05) is 19.1 Å². The van der Waals surface area contributed by atoms with Crippen LogP contribution in [0.25, 0.3) is 0 Å². The Balaban J connectivity index is 2.17. The summed E-state index contributed by atoms with van der Waals surface area (Å²) < 4.78 is 5.58. The predicted octanol–water partition coefficient (Wildman–Crippen LogP) is 2.77. The Bertz CT molecular complexity index is 482. The van der Waals surface area contributed by atoms with Crippen LogP contribution in [-0.2, 0) is 4.65 Å². The maximum absolute atomic E-state index is 9.96. The molecule has 0 saturated heterocycles. The summed E-state index contributed by atoms with van der Waals surface area (Å²) in [6.07, 6.45) is 3.22. The Morgan fingerprint density at radius 1 is 1.56 bits per heavy atom. The molecule has 1 atom stereocenters. The van der Waals surface area contributed by atoms with Crippen LogP contribution in [0.5, 0.6) is 5.75 Å². The van der Waals surface area contributed by atoms with Gasteiger partial charge in [-0.25, -0.2) is 0 Å². The van der Waals surface area contributed by atoms with E-state index in [-0.39, 0.29) is 11.9 Å². The van der Waals surface area contributed by atoms with E-state index in [1.54, 1.807) is 18.2 Å². The maximum atomic E-state index is 9.96. The van der Waals surface area contributed by atoms with Crippen molar-refractivity contribution in [1.29, 1.82) is 0 Å². The van der Waals surface area contributed by atoms with Crippen LogP contribution in [0, 0.1) is 0 Å². The molecule has 4 heteroatoms. The van der Waals surface area contributed by atoms with Gasteiger partial charge in [-0.3, -0.25) is 0 Å². The van der Waals surface area contributed by atoms with Crippen LogP contribution in [0.3, 0.4) is 0 Å². The lowest BCUT2D eigenvalue weighted by Gasteiger charge is -2.26. The molecule has 0 saturated carbocycles. The van der Waals surface area contributed by atoms with Gasteiger partial charge in [0.25, 0.3) is 0 Å². The number of benzene rings is 1. The molecule has 1 aliphatic heterocycles. The number of rotatable bonds is 3. The number of hydrogen-bond acceptors (Lipinski definition) is 3. The molecule has 1 heterocycles. The molecule has 0 radical (unpaired) electrons. The minimum Gasteiger partial charge on any atom is -0.508 e. The Morgan fingerprint density at radius 2 is 2.33 bits per heavy atom. The van der Waals surface area contributed by atoms with Gasteiger partial charge in [-0.15, -0.1) is 0 Å². The number of phenols is 1. The average Bonchev–Trinajstić information content (AvgIpc) is 2.37. The summed E-state index contributed by atoms with van der Waals surface area (Å²) in [6, 6.07) is 6.92. The van der Waals surface area contributed by atoms with Crippen LogP contribution in [0.15, 0.2) is 48.0 Å². The zero-order valence-electron chi connectivity index (χ0n) is 10.5. The molecule has 1 aromatic rings. The van der Waals surface area contributed by atoms with Crippen LogP contribution in [0.2, 0.25) is 0 Å². The monoisotopic (exact) mass is 244 g/mol. The third-order valence-electron chi connectivity index (χ3n) is 3.19. The molecule has 0 aliphatic carbocycles. The lowest BCUT2D eigenvalue weighted by Crippen LogP contribution is -2.28. The van der Waals surface area contributed by atoms with Crippen LogP contribution in [0.4, 0.5) is 0 Å². The summed E-state index contributed by atoms with van der Waals surface area (Å²) in [4.78, 5) is 0. The first-order chi connectivity index (χ1) is 8.61. The van der Waals surface area contributed by atoms with Gasteiger partial charge < -0.3 is 14.8 Å². The van der Waals surface area contributed by atoms with Gasteiger partial charge in [0, 0.05) is 0 Å². The van der Waals surface area contributed by atoms with Crippen LogP contribution in [-0.4, -0.2) is 17.2 Å². The number of allylic oxidation sites excluding steroid dienone is 2. The summed E-state index contributed by atoms with van der Waals surface area (Å²) in [5, 5.41) is 19.4. The van der Waals surface area contributed by atoms with E-state index >= 15 is 0 Å². The fourth-order valence-electron chi connectivity index (χ4n) is 2.08. The highest BCUT2D eigenvalue weighted by molar-refractivity contribution is 6.54. The molecule has 0 aromatic heterocycles. The Kier molecular flexibility index (Phi) is 3.89. The number of phenolic OH excluding ortho intramolecular Hbond substituents is 1. The van der Waals surface area contributed by atoms with Crippen molar-refractivity contribution in [1.82, 2.24) is 0 Å². The number of hydrogen-bond donors (Lipinski definition) is 2. The van der Waals surface area contributed by atoms with Gasteiger partial charge in [-0.2, -0.15) is 0 Å². The quantitative estimate of drug-likeness (QED) is 0.803. The van der Waals surface area contributed by atoms with Crippen LogP contribution < -0.4 is 0 Å². The van der Waals surface area contributed by atoms with Gasteiger partial charge in [-0.05, 0) is 36.0 Å². The second-order valence-corrected chi connectivity index (χ2v) is 4.42. The van der Waals surface area contributed by atoms with Crippen LogP contribution >= 0.6 is 0 Å². The summed E-state index contributed by atoms with van der Waals surface area (Å²) in [6.45, 7) is 5.91. The van der Waals surface area contributed by atoms with Gasteiger partial charge in [-0.1, -0.05) is 37.3 Å². The molecule has 0 fully saturated rings. The molecule has 1 unspecified atom stereocenters. The highest BCUT2D eigenvalue weighted by atomic mass is 16.5. The average molecular weight is 244 g/mol. The van der Waals surface area contributed by atoms with Crippen LogP contribution in [0.1, 0.15) is 31.4 Å². The molecule has 3 nitrogen and oxygen atoms in total. The van der Waals surface area contributed by atoms with Crippen molar-refractivity contribution in [3.63, 3.8) is 0 Å². The third kappa shape index (κ3) is 2.66. The third-order valence-corrected chi connectivity index (χ3v) is 3.19. The Labute approximate surface area is 108 Å². The predicted molar refractivity (Wildman–Crippen MR) is 72.0 cm³/mol. The fourth-order valence-corrected chi connectivity index (χ4v) is 2.08. The molecule has 18 heavy (non-hydrogen) atoms. The van der Waals surface area contributed by atoms with Gasteiger partial charge in [0.1, 0.15) is 5.75 Å². The van der Waals surface area contributed by atoms with E-state index in [0.717, 1.165) is 23.0 Å². The minimum atomic E-state index is -0.932. The zero-order chi connectivity index (χ0) is 13.1. The van der Waals surface area contributed by atoms with Crippen molar-refractivity contribution in [2.75, 3.05) is 0 Å². The molecule has 2 N–H and O–H groups in total. The summed E-state index contributed by atoms with van der Waals surface area (Å²) in [7, 11) is -0.932. The minimum absolute atomic E-state index is 0.207. The molecular weight excluding hydrogens is 227 g/mol. The van der Waals surface area contributed by atoms with Gasteiger partial charge >= 0.3 is 7.12 Å². The van der Waals surface area contributed by atoms with Gasteiger partial charge in [0.2, 0.25) is 0 Å².